The van der Waals surface area contributed by atoms with Gasteiger partial charge < -0.3 is 10.1 Å². The lowest BCUT2D eigenvalue weighted by Crippen LogP contribution is -2.25. The summed E-state index contributed by atoms with van der Waals surface area (Å²) >= 11 is 1.57. The van der Waals surface area contributed by atoms with Crippen LogP contribution in [0, 0.1) is 12.8 Å². The predicted molar refractivity (Wildman–Crippen MR) is 129 cm³/mol. The Morgan fingerprint density at radius 2 is 2.12 bits per heavy atom. The minimum absolute atomic E-state index is 0.0517. The Balaban J connectivity index is 1.63. The molecule has 1 unspecified atom stereocenters. The van der Waals surface area contributed by atoms with Gasteiger partial charge >= 0.3 is 0 Å². The van der Waals surface area contributed by atoms with Crippen molar-refractivity contribution in [3.05, 3.63) is 58.2 Å². The highest BCUT2D eigenvalue weighted by atomic mass is 32.1. The van der Waals surface area contributed by atoms with Gasteiger partial charge in [0.1, 0.15) is 5.75 Å². The zero-order valence-electron chi connectivity index (χ0n) is 18.3. The van der Waals surface area contributed by atoms with Crippen LogP contribution in [0.1, 0.15) is 38.2 Å². The van der Waals surface area contributed by atoms with Crippen LogP contribution in [-0.4, -0.2) is 22.9 Å². The van der Waals surface area contributed by atoms with E-state index in [1.165, 1.54) is 24.1 Å². The van der Waals surface area contributed by atoms with Gasteiger partial charge in [-0.05, 0) is 74.4 Å². The molecule has 0 bridgehead atoms. The minimum Gasteiger partial charge on any atom is -0.482 e. The van der Waals surface area contributed by atoms with Gasteiger partial charge in [0.2, 0.25) is 4.80 Å². The van der Waals surface area contributed by atoms with E-state index < -0.39 is 0 Å². The fourth-order valence-corrected chi connectivity index (χ4v) is 5.07. The van der Waals surface area contributed by atoms with Crippen LogP contribution in [0.5, 0.6) is 5.75 Å². The molecule has 7 heteroatoms. The Morgan fingerprint density at radius 1 is 1.22 bits per heavy atom. The molecule has 0 saturated heterocycles. The second kappa shape index (κ2) is 8.74. The number of nitrogens with one attached hydrogen (secondary N) is 1. The van der Waals surface area contributed by atoms with Gasteiger partial charge in [-0.25, -0.2) is 9.67 Å². The number of aromatic nitrogens is 1. The number of hydrogen-bond donors (Lipinski definition) is 1. The van der Waals surface area contributed by atoms with Gasteiger partial charge in [-0.3, -0.25) is 4.79 Å². The summed E-state index contributed by atoms with van der Waals surface area (Å²) in [6.07, 6.45) is 4.46. The molecule has 1 aliphatic carbocycles. The molecule has 1 atom stereocenters. The van der Waals surface area contributed by atoms with E-state index in [1.807, 2.05) is 35.0 Å². The molecule has 1 aliphatic heterocycles. The number of hydrogen-bond acceptors (Lipinski definition) is 5. The highest BCUT2D eigenvalue weighted by Crippen LogP contribution is 2.33. The number of amides is 1. The number of benzene rings is 2. The zero-order chi connectivity index (χ0) is 22.1. The van der Waals surface area contributed by atoms with Gasteiger partial charge in [-0.2, -0.15) is 5.10 Å². The van der Waals surface area contributed by atoms with Crippen molar-refractivity contribution in [1.29, 1.82) is 0 Å². The summed E-state index contributed by atoms with van der Waals surface area (Å²) in [6, 6.07) is 14.0. The number of rotatable bonds is 3. The Bertz CT molecular complexity index is 1270. The summed E-state index contributed by atoms with van der Waals surface area (Å²) in [7, 11) is 0. The summed E-state index contributed by atoms with van der Waals surface area (Å²) in [5.74, 6) is 1.20. The maximum absolute atomic E-state index is 11.8. The maximum Gasteiger partial charge on any atom is 0.262 e. The van der Waals surface area contributed by atoms with Crippen LogP contribution in [0.4, 0.5) is 11.4 Å². The van der Waals surface area contributed by atoms with Crippen LogP contribution in [0.25, 0.3) is 11.3 Å². The number of ether oxygens (including phenoxy) is 1. The molecule has 32 heavy (non-hydrogen) atoms. The Hall–Kier alpha value is -3.19. The van der Waals surface area contributed by atoms with E-state index >= 15 is 0 Å². The molecule has 2 aromatic carbocycles. The first-order valence-electron chi connectivity index (χ1n) is 11.0. The summed E-state index contributed by atoms with van der Waals surface area (Å²) in [4.78, 5) is 17.5. The van der Waals surface area contributed by atoms with E-state index in [-0.39, 0.29) is 12.5 Å². The van der Waals surface area contributed by atoms with Crippen molar-refractivity contribution in [2.24, 2.45) is 16.0 Å². The SMILES string of the molecule is Cc1cccc(N=c2scc(-c3ccc4c(c3)NC(=O)CO4)n2N=C2CCCC(C)C2)c1. The van der Waals surface area contributed by atoms with Gasteiger partial charge in [-0.15, -0.1) is 11.3 Å². The van der Waals surface area contributed by atoms with E-state index in [4.69, 9.17) is 14.8 Å². The lowest BCUT2D eigenvalue weighted by Gasteiger charge is -2.20. The first kappa shape index (κ1) is 20.7. The van der Waals surface area contributed by atoms with Crippen molar-refractivity contribution in [3.8, 4) is 17.0 Å². The molecule has 164 valence electrons. The molecule has 0 spiro atoms. The Labute approximate surface area is 191 Å². The number of carbonyl (C=O) groups is 1. The van der Waals surface area contributed by atoms with E-state index in [0.717, 1.165) is 34.6 Å². The summed E-state index contributed by atoms with van der Waals surface area (Å²) < 4.78 is 7.49. The van der Waals surface area contributed by atoms with E-state index in [0.29, 0.717) is 17.4 Å². The summed E-state index contributed by atoms with van der Waals surface area (Å²) in [5, 5.41) is 10.1. The predicted octanol–water partition coefficient (Wildman–Crippen LogP) is 5.50. The second-order valence-electron chi connectivity index (χ2n) is 8.58. The number of fused-ring (bicyclic) bond motifs is 1. The Morgan fingerprint density at radius 3 is 2.97 bits per heavy atom. The lowest BCUT2D eigenvalue weighted by molar-refractivity contribution is -0.118. The number of thiazole rings is 1. The average molecular weight is 447 g/mol. The summed E-state index contributed by atoms with van der Waals surface area (Å²) in [6.45, 7) is 4.41. The van der Waals surface area contributed by atoms with Crippen LogP contribution in [0.2, 0.25) is 0 Å². The number of carbonyl (C=O) groups excluding carboxylic acids is 1. The highest BCUT2D eigenvalue weighted by molar-refractivity contribution is 7.07. The highest BCUT2D eigenvalue weighted by Gasteiger charge is 2.19. The molecule has 5 rings (SSSR count). The fourth-order valence-electron chi connectivity index (χ4n) is 4.22. The molecule has 0 radical (unpaired) electrons. The third-order valence-corrected chi connectivity index (χ3v) is 6.62. The first-order valence-corrected chi connectivity index (χ1v) is 11.9. The smallest absolute Gasteiger partial charge is 0.262 e. The van der Waals surface area contributed by atoms with Gasteiger partial charge in [0, 0.05) is 16.7 Å². The zero-order valence-corrected chi connectivity index (χ0v) is 19.1. The maximum atomic E-state index is 11.8. The van der Waals surface area contributed by atoms with Crippen molar-refractivity contribution < 1.29 is 9.53 Å². The van der Waals surface area contributed by atoms with E-state index in [2.05, 4.69) is 36.7 Å². The van der Waals surface area contributed by atoms with Crippen molar-refractivity contribution >= 4 is 34.3 Å². The van der Waals surface area contributed by atoms with E-state index in [9.17, 15) is 4.79 Å². The van der Waals surface area contributed by atoms with Crippen LogP contribution in [0.15, 0.2) is 57.9 Å². The second-order valence-corrected chi connectivity index (χ2v) is 9.42. The van der Waals surface area contributed by atoms with Gasteiger partial charge in [0.15, 0.2) is 6.61 Å². The van der Waals surface area contributed by atoms with Gasteiger partial charge in [-0.1, -0.05) is 19.1 Å². The first-order chi connectivity index (χ1) is 15.5. The molecule has 6 nitrogen and oxygen atoms in total. The van der Waals surface area contributed by atoms with Crippen LogP contribution >= 0.6 is 11.3 Å². The molecule has 3 aromatic rings. The quantitative estimate of drug-likeness (QED) is 0.577. The van der Waals surface area contributed by atoms with Crippen molar-refractivity contribution in [2.75, 3.05) is 11.9 Å². The summed E-state index contributed by atoms with van der Waals surface area (Å²) in [5.41, 5.74) is 5.90. The lowest BCUT2D eigenvalue weighted by atomic mass is 9.89. The number of anilines is 1. The van der Waals surface area contributed by atoms with Gasteiger partial charge in [0.05, 0.1) is 17.1 Å². The Kier molecular flexibility index (Phi) is 5.66. The standard InChI is InChI=1S/C25H26N4O2S/c1-16-5-3-7-19(11-16)26-25-29(28-20-8-4-6-17(2)12-20)22(15-32-25)18-9-10-23-21(13-18)27-24(30)14-31-23/h3,5,7,9-11,13,15,17H,4,6,8,12,14H2,1-2H3,(H,27,30). The van der Waals surface area contributed by atoms with Crippen LogP contribution < -0.4 is 14.9 Å². The molecule has 1 amide bonds. The molecular weight excluding hydrogens is 420 g/mol. The molecule has 1 saturated carbocycles. The largest absolute Gasteiger partial charge is 0.482 e. The monoisotopic (exact) mass is 446 g/mol. The molecule has 2 heterocycles. The van der Waals surface area contributed by atoms with Gasteiger partial charge in [0.25, 0.3) is 5.91 Å². The molecule has 2 aliphatic rings. The van der Waals surface area contributed by atoms with E-state index in [1.54, 1.807) is 11.3 Å². The normalized spacial score (nSPS) is 20.1. The van der Waals surface area contributed by atoms with Crippen LogP contribution in [-0.2, 0) is 4.79 Å². The fraction of sp³-hybridized carbons (Fsp3) is 0.320. The van der Waals surface area contributed by atoms with Crippen molar-refractivity contribution in [3.63, 3.8) is 0 Å². The molecular formula is C25H26N4O2S. The third-order valence-electron chi connectivity index (χ3n) is 5.81. The van der Waals surface area contributed by atoms with Crippen molar-refractivity contribution in [1.82, 2.24) is 4.68 Å². The van der Waals surface area contributed by atoms with Crippen molar-refractivity contribution in [2.45, 2.75) is 39.5 Å². The minimum atomic E-state index is -0.139. The van der Waals surface area contributed by atoms with Crippen LogP contribution in [0.3, 0.4) is 0 Å². The topological polar surface area (TPSA) is 68.0 Å². The molecule has 1 N–H and O–H groups in total. The average Bonchev–Trinajstić information content (AvgIpc) is 3.15. The number of aryl methyl sites for hydroxylation is 1. The molecule has 1 fully saturated rings. The number of nitrogens with zero attached hydrogens (tertiary/aromatic N) is 3. The third kappa shape index (κ3) is 4.39. The molecule has 1 aromatic heterocycles.